The lowest BCUT2D eigenvalue weighted by Gasteiger charge is -2.26. The zero-order valence-corrected chi connectivity index (χ0v) is 15.1. The number of nitrogens with one attached hydrogen (secondary N) is 1. The van der Waals surface area contributed by atoms with Crippen LogP contribution >= 0.6 is 11.3 Å². The smallest absolute Gasteiger partial charge is 0.310 e. The van der Waals surface area contributed by atoms with Gasteiger partial charge < -0.3 is 10.0 Å². The zero-order valence-electron chi connectivity index (χ0n) is 14.3. The van der Waals surface area contributed by atoms with Gasteiger partial charge in [0.25, 0.3) is 11.5 Å². The van der Waals surface area contributed by atoms with Crippen LogP contribution in [0.15, 0.2) is 38.8 Å². The Hall–Kier alpha value is -2.74. The minimum absolute atomic E-state index is 0.0128. The molecule has 2 N–H and O–H groups in total. The average Bonchev–Trinajstić information content (AvgIpc) is 2.61. The summed E-state index contributed by atoms with van der Waals surface area (Å²) < 4.78 is 0. The summed E-state index contributed by atoms with van der Waals surface area (Å²) in [5, 5.41) is 9.49. The first-order valence-corrected chi connectivity index (χ1v) is 9.19. The fourth-order valence-corrected chi connectivity index (χ4v) is 3.61. The van der Waals surface area contributed by atoms with E-state index in [1.165, 1.54) is 0 Å². The number of piperidine rings is 1. The maximum Gasteiger partial charge on any atom is 0.310 e. The summed E-state index contributed by atoms with van der Waals surface area (Å²) >= 11 is 0.547. The van der Waals surface area contributed by atoms with E-state index < -0.39 is 10.4 Å². The van der Waals surface area contributed by atoms with E-state index in [0.29, 0.717) is 22.6 Å². The molecule has 136 valence electrons. The van der Waals surface area contributed by atoms with Crippen LogP contribution in [0.25, 0.3) is 0 Å². The van der Waals surface area contributed by atoms with Crippen molar-refractivity contribution in [3.8, 4) is 5.06 Å². The highest BCUT2D eigenvalue weighted by molar-refractivity contribution is 7.11. The molecule has 1 aromatic heterocycles. The van der Waals surface area contributed by atoms with Gasteiger partial charge in [-0.15, -0.1) is 0 Å². The van der Waals surface area contributed by atoms with Crippen molar-refractivity contribution in [2.45, 2.75) is 26.2 Å². The normalized spacial score (nSPS) is 15.1. The van der Waals surface area contributed by atoms with Crippen molar-refractivity contribution in [3.05, 3.63) is 55.4 Å². The molecule has 1 amide bonds. The van der Waals surface area contributed by atoms with Crippen LogP contribution in [-0.4, -0.2) is 39.7 Å². The van der Waals surface area contributed by atoms with Crippen LogP contribution in [0.3, 0.4) is 0 Å². The van der Waals surface area contributed by atoms with Gasteiger partial charge in [0.2, 0.25) is 0 Å². The number of aromatic nitrogens is 1. The molecule has 0 radical (unpaired) electrons. The van der Waals surface area contributed by atoms with Crippen LogP contribution in [0.2, 0.25) is 0 Å². The van der Waals surface area contributed by atoms with Crippen LogP contribution in [0, 0.1) is 0 Å². The van der Waals surface area contributed by atoms with E-state index in [0.717, 1.165) is 32.4 Å². The summed E-state index contributed by atoms with van der Waals surface area (Å²) in [7, 11) is 0. The molecule has 2 aromatic rings. The Bertz CT molecular complexity index is 954. The third-order valence-corrected chi connectivity index (χ3v) is 4.95. The molecule has 0 bridgehead atoms. The number of hydrogen-bond donors (Lipinski definition) is 2. The number of aromatic amines is 1. The molecule has 0 atom stereocenters. The Labute approximate surface area is 153 Å². The second-order valence-electron chi connectivity index (χ2n) is 6.12. The molecule has 0 spiro atoms. The summed E-state index contributed by atoms with van der Waals surface area (Å²) in [6.45, 7) is 3.15. The minimum atomic E-state index is -0.676. The van der Waals surface area contributed by atoms with Crippen molar-refractivity contribution >= 4 is 28.6 Å². The van der Waals surface area contributed by atoms with E-state index in [1.54, 1.807) is 31.2 Å². The molecule has 2 heterocycles. The monoisotopic (exact) mass is 373 g/mol. The van der Waals surface area contributed by atoms with Crippen molar-refractivity contribution in [1.82, 2.24) is 9.88 Å². The maximum absolute atomic E-state index is 12.5. The maximum atomic E-state index is 12.5. The van der Waals surface area contributed by atoms with Crippen molar-refractivity contribution in [2.75, 3.05) is 13.1 Å². The number of aromatic hydroxyl groups is 1. The minimum Gasteiger partial charge on any atom is -0.499 e. The van der Waals surface area contributed by atoms with Crippen LogP contribution in [0.4, 0.5) is 5.69 Å². The van der Waals surface area contributed by atoms with Gasteiger partial charge in [-0.05, 0) is 61.8 Å². The van der Waals surface area contributed by atoms with Gasteiger partial charge in [-0.1, -0.05) is 0 Å². The highest BCUT2D eigenvalue weighted by Crippen LogP contribution is 2.20. The lowest BCUT2D eigenvalue weighted by molar-refractivity contribution is 0.0724. The van der Waals surface area contributed by atoms with Gasteiger partial charge in [0, 0.05) is 18.7 Å². The summed E-state index contributed by atoms with van der Waals surface area (Å²) in [5.74, 6) is 0.0128. The van der Waals surface area contributed by atoms with Crippen LogP contribution < -0.4 is 10.4 Å². The molecular formula is C18H19N3O4S. The van der Waals surface area contributed by atoms with Gasteiger partial charge in [-0.3, -0.25) is 24.4 Å². The van der Waals surface area contributed by atoms with Gasteiger partial charge in [-0.2, -0.15) is 0 Å². The number of carbonyl (C=O) groups excluding carboxylic acids is 1. The first-order chi connectivity index (χ1) is 12.5. The van der Waals surface area contributed by atoms with E-state index in [4.69, 9.17) is 0 Å². The van der Waals surface area contributed by atoms with E-state index in [1.807, 2.05) is 4.90 Å². The predicted octanol–water partition coefficient (Wildman–Crippen LogP) is 2.27. The molecule has 1 aliphatic heterocycles. The first-order valence-electron chi connectivity index (χ1n) is 8.37. The number of likely N-dealkylation sites (tertiary alicyclic amines) is 1. The van der Waals surface area contributed by atoms with Crippen LogP contribution in [0.5, 0.6) is 5.06 Å². The lowest BCUT2D eigenvalue weighted by Crippen LogP contribution is -2.35. The molecule has 3 rings (SSSR count). The Morgan fingerprint density at radius 1 is 1.15 bits per heavy atom. The molecule has 0 unspecified atom stereocenters. The Morgan fingerprint density at radius 3 is 2.42 bits per heavy atom. The molecule has 0 aliphatic carbocycles. The molecule has 1 aliphatic rings. The second-order valence-corrected chi connectivity index (χ2v) is 7.08. The zero-order chi connectivity index (χ0) is 18.7. The van der Waals surface area contributed by atoms with E-state index in [9.17, 15) is 19.5 Å². The highest BCUT2D eigenvalue weighted by Gasteiger charge is 2.18. The molecular weight excluding hydrogens is 354 g/mol. The number of rotatable bonds is 3. The third kappa shape index (κ3) is 3.91. The standard InChI is InChI=1S/C18H19N3O4S/c1-11(14-15(22)20-18(25)26-17(14)24)19-13-7-5-12(6-8-13)16(23)21-9-3-2-4-10-21/h5-8,24H,2-4,9-10H2,1H3,(H,20,22,25). The summed E-state index contributed by atoms with van der Waals surface area (Å²) in [5.41, 5.74) is 0.734. The molecule has 0 saturated carbocycles. The third-order valence-electron chi connectivity index (χ3n) is 4.26. The number of carbonyl (C=O) groups is 1. The van der Waals surface area contributed by atoms with Gasteiger partial charge >= 0.3 is 4.87 Å². The number of H-pyrrole nitrogens is 1. The molecule has 26 heavy (non-hydrogen) atoms. The van der Waals surface area contributed by atoms with E-state index in [2.05, 4.69) is 9.98 Å². The number of amides is 1. The van der Waals surface area contributed by atoms with E-state index in [-0.39, 0.29) is 22.2 Å². The molecule has 1 aromatic carbocycles. The summed E-state index contributed by atoms with van der Waals surface area (Å²) in [4.78, 5) is 43.2. The number of aliphatic imine (C=N–C) groups is 1. The van der Waals surface area contributed by atoms with Crippen molar-refractivity contribution in [1.29, 1.82) is 0 Å². The number of nitrogens with zero attached hydrogens (tertiary/aromatic N) is 2. The number of benzene rings is 1. The van der Waals surface area contributed by atoms with Crippen LogP contribution in [-0.2, 0) is 0 Å². The topological polar surface area (TPSA) is 103 Å². The fraction of sp³-hybridized carbons (Fsp3) is 0.333. The highest BCUT2D eigenvalue weighted by atomic mass is 32.1. The molecule has 1 saturated heterocycles. The lowest BCUT2D eigenvalue weighted by atomic mass is 10.1. The molecule has 7 nitrogen and oxygen atoms in total. The fourth-order valence-electron chi connectivity index (χ4n) is 2.94. The summed E-state index contributed by atoms with van der Waals surface area (Å²) in [6.07, 6.45) is 3.24. The largest absolute Gasteiger partial charge is 0.499 e. The predicted molar refractivity (Wildman–Crippen MR) is 101 cm³/mol. The van der Waals surface area contributed by atoms with Crippen molar-refractivity contribution in [3.63, 3.8) is 0 Å². The van der Waals surface area contributed by atoms with Gasteiger partial charge in [0.15, 0.2) is 5.06 Å². The van der Waals surface area contributed by atoms with E-state index >= 15 is 0 Å². The summed E-state index contributed by atoms with van der Waals surface area (Å²) in [6, 6.07) is 6.79. The SMILES string of the molecule is CC(=Nc1ccc(C(=O)N2CCCCC2)cc1)c1c(O)sc(=O)[nH]c1=O. The van der Waals surface area contributed by atoms with Crippen LogP contribution in [0.1, 0.15) is 42.1 Å². The van der Waals surface area contributed by atoms with Gasteiger partial charge in [0.1, 0.15) is 5.56 Å². The Balaban J connectivity index is 1.82. The molecule has 1 fully saturated rings. The quantitative estimate of drug-likeness (QED) is 0.806. The Kier molecular flexibility index (Phi) is 5.32. The Morgan fingerprint density at radius 2 is 1.81 bits per heavy atom. The first kappa shape index (κ1) is 18.1. The average molecular weight is 373 g/mol. The van der Waals surface area contributed by atoms with Gasteiger partial charge in [0.05, 0.1) is 11.4 Å². The number of hydrogen-bond acceptors (Lipinski definition) is 6. The van der Waals surface area contributed by atoms with Gasteiger partial charge in [-0.25, -0.2) is 0 Å². The second kappa shape index (κ2) is 7.65. The van der Waals surface area contributed by atoms with Crippen molar-refractivity contribution in [2.24, 2.45) is 4.99 Å². The van der Waals surface area contributed by atoms with Crippen molar-refractivity contribution < 1.29 is 9.90 Å². The molecule has 8 heteroatoms.